The van der Waals surface area contributed by atoms with Crippen molar-refractivity contribution in [3.63, 3.8) is 0 Å². The van der Waals surface area contributed by atoms with Gasteiger partial charge in [-0.25, -0.2) is 0 Å². The Balaban J connectivity index is 2.17. The second kappa shape index (κ2) is 6.36. The van der Waals surface area contributed by atoms with Crippen LogP contribution in [0.5, 0.6) is 0 Å². The third-order valence-electron chi connectivity index (χ3n) is 4.72. The number of nitrogens with one attached hydrogen (secondary N) is 2. The maximum atomic E-state index is 8.41. The number of allylic oxidation sites excluding steroid dienone is 1. The Hall–Kier alpha value is -1.41. The van der Waals surface area contributed by atoms with Crippen molar-refractivity contribution < 1.29 is 0 Å². The maximum absolute atomic E-state index is 8.41. The molecule has 0 saturated carbocycles. The molecule has 2 N–H and O–H groups in total. The molecular formula is C18H26N2. The van der Waals surface area contributed by atoms with Crippen molar-refractivity contribution in [3.8, 4) is 0 Å². The van der Waals surface area contributed by atoms with Gasteiger partial charge in [0, 0.05) is 17.7 Å². The van der Waals surface area contributed by atoms with E-state index in [1.165, 1.54) is 12.8 Å². The predicted molar refractivity (Wildman–Crippen MR) is 86.4 cm³/mol. The van der Waals surface area contributed by atoms with Gasteiger partial charge in [0.15, 0.2) is 0 Å². The number of rotatable bonds is 5. The lowest BCUT2D eigenvalue weighted by atomic mass is 9.70. The van der Waals surface area contributed by atoms with Crippen LogP contribution >= 0.6 is 0 Å². The summed E-state index contributed by atoms with van der Waals surface area (Å²) in [5, 5.41) is 11.9. The van der Waals surface area contributed by atoms with Gasteiger partial charge in [0.05, 0.1) is 0 Å². The van der Waals surface area contributed by atoms with Crippen LogP contribution in [0.3, 0.4) is 0 Å². The summed E-state index contributed by atoms with van der Waals surface area (Å²) < 4.78 is 0. The lowest BCUT2D eigenvalue weighted by molar-refractivity contribution is 0.215. The molecule has 3 atom stereocenters. The number of benzene rings is 1. The molecule has 0 spiro atoms. The van der Waals surface area contributed by atoms with Gasteiger partial charge in [0.2, 0.25) is 0 Å². The van der Waals surface area contributed by atoms with Crippen LogP contribution in [0.15, 0.2) is 42.5 Å². The first-order chi connectivity index (χ1) is 9.57. The van der Waals surface area contributed by atoms with E-state index in [-0.39, 0.29) is 5.54 Å². The second-order valence-electron chi connectivity index (χ2n) is 6.20. The van der Waals surface area contributed by atoms with Crippen molar-refractivity contribution in [1.29, 1.82) is 5.41 Å². The summed E-state index contributed by atoms with van der Waals surface area (Å²) in [4.78, 5) is 0. The Morgan fingerprint density at radius 3 is 2.65 bits per heavy atom. The lowest BCUT2D eigenvalue weighted by Gasteiger charge is -2.41. The second-order valence-corrected chi connectivity index (χ2v) is 6.20. The zero-order chi connectivity index (χ0) is 14.6. The van der Waals surface area contributed by atoms with Gasteiger partial charge >= 0.3 is 0 Å². The van der Waals surface area contributed by atoms with E-state index in [1.807, 2.05) is 37.4 Å². The fraction of sp³-hybridized carbons (Fsp3) is 0.500. The Bertz CT molecular complexity index is 477. The first-order valence-corrected chi connectivity index (χ1v) is 7.55. The molecule has 0 aromatic heterocycles. The molecule has 0 radical (unpaired) electrons. The van der Waals surface area contributed by atoms with Gasteiger partial charge in [-0.15, -0.1) is 0 Å². The fourth-order valence-electron chi connectivity index (χ4n) is 3.29. The molecule has 108 valence electrons. The summed E-state index contributed by atoms with van der Waals surface area (Å²) in [6, 6.07) is 10.1. The minimum atomic E-state index is -0.0523. The summed E-state index contributed by atoms with van der Waals surface area (Å²) in [6.45, 7) is 4.58. The fourth-order valence-corrected chi connectivity index (χ4v) is 3.29. The maximum Gasteiger partial charge on any atom is 0.0404 e. The molecule has 2 nitrogen and oxygen atoms in total. The molecule has 3 unspecified atom stereocenters. The van der Waals surface area contributed by atoms with Crippen molar-refractivity contribution in [2.45, 2.75) is 38.6 Å². The molecular weight excluding hydrogens is 244 g/mol. The van der Waals surface area contributed by atoms with E-state index < -0.39 is 0 Å². The zero-order valence-electron chi connectivity index (χ0n) is 12.8. The van der Waals surface area contributed by atoms with Crippen molar-refractivity contribution >= 4 is 5.71 Å². The van der Waals surface area contributed by atoms with Gasteiger partial charge in [0.1, 0.15) is 0 Å². The van der Waals surface area contributed by atoms with Gasteiger partial charge in [-0.05, 0) is 44.2 Å². The van der Waals surface area contributed by atoms with Crippen LogP contribution in [0.4, 0.5) is 0 Å². The Morgan fingerprint density at radius 1 is 1.35 bits per heavy atom. The molecule has 2 heteroatoms. The molecule has 0 heterocycles. The highest BCUT2D eigenvalue weighted by atomic mass is 14.9. The molecule has 2 rings (SSSR count). The minimum absolute atomic E-state index is 0.0523. The topological polar surface area (TPSA) is 35.9 Å². The van der Waals surface area contributed by atoms with Gasteiger partial charge in [-0.2, -0.15) is 0 Å². The van der Waals surface area contributed by atoms with Crippen molar-refractivity contribution in [2.24, 2.45) is 11.8 Å². The average Bonchev–Trinajstić information content (AvgIpc) is 2.48. The largest absolute Gasteiger partial charge is 0.314 e. The zero-order valence-corrected chi connectivity index (χ0v) is 12.8. The van der Waals surface area contributed by atoms with Crippen molar-refractivity contribution in [3.05, 3.63) is 48.0 Å². The van der Waals surface area contributed by atoms with Crippen molar-refractivity contribution in [2.75, 3.05) is 7.05 Å². The number of hydrogen-bond donors (Lipinski definition) is 2. The summed E-state index contributed by atoms with van der Waals surface area (Å²) in [5.41, 5.74) is 1.69. The van der Waals surface area contributed by atoms with E-state index in [0.717, 1.165) is 12.0 Å². The van der Waals surface area contributed by atoms with Crippen LogP contribution in [0, 0.1) is 17.2 Å². The molecule has 0 amide bonds. The van der Waals surface area contributed by atoms with E-state index in [2.05, 4.69) is 31.3 Å². The predicted octanol–water partition coefficient (Wildman–Crippen LogP) is 4.02. The summed E-state index contributed by atoms with van der Waals surface area (Å²) in [6.07, 6.45) is 7.84. The van der Waals surface area contributed by atoms with E-state index in [4.69, 9.17) is 5.41 Å². The van der Waals surface area contributed by atoms with Crippen LogP contribution in [0.25, 0.3) is 0 Å². The van der Waals surface area contributed by atoms with Crippen LogP contribution < -0.4 is 5.32 Å². The monoisotopic (exact) mass is 270 g/mol. The molecule has 0 bridgehead atoms. The number of hydrogen-bond acceptors (Lipinski definition) is 2. The van der Waals surface area contributed by atoms with Gasteiger partial charge in [0.25, 0.3) is 0 Å². The average molecular weight is 270 g/mol. The normalized spacial score (nSPS) is 25.1. The molecule has 1 aromatic carbocycles. The van der Waals surface area contributed by atoms with E-state index in [1.54, 1.807) is 0 Å². The summed E-state index contributed by atoms with van der Waals surface area (Å²) in [7, 11) is 2.02. The lowest BCUT2D eigenvalue weighted by Crippen LogP contribution is -2.50. The minimum Gasteiger partial charge on any atom is -0.314 e. The summed E-state index contributed by atoms with van der Waals surface area (Å²) >= 11 is 0. The third-order valence-corrected chi connectivity index (χ3v) is 4.72. The van der Waals surface area contributed by atoms with Gasteiger partial charge in [-0.3, -0.25) is 0 Å². The highest BCUT2D eigenvalue weighted by Crippen LogP contribution is 2.35. The van der Waals surface area contributed by atoms with E-state index in [0.29, 0.717) is 17.5 Å². The van der Waals surface area contributed by atoms with Crippen LogP contribution in [-0.2, 0) is 0 Å². The highest BCUT2D eigenvalue weighted by Gasteiger charge is 2.36. The molecule has 0 saturated heterocycles. The van der Waals surface area contributed by atoms with Crippen LogP contribution in [-0.4, -0.2) is 18.3 Å². The molecule has 1 aromatic rings. The summed E-state index contributed by atoms with van der Waals surface area (Å²) in [5.74, 6) is 1.16. The highest BCUT2D eigenvalue weighted by molar-refractivity contribution is 5.98. The molecule has 1 aliphatic rings. The van der Waals surface area contributed by atoms with E-state index in [9.17, 15) is 0 Å². The standard InChI is InChI=1S/C18H26N2/c1-14-9-7-8-12-16(14)18(2,20-3)13-17(19)15-10-5-4-6-11-15/h4-6,8,10-12,14,16,19-20H,7,9,13H2,1-3H3. The Labute approximate surface area is 122 Å². The van der Waals surface area contributed by atoms with Gasteiger partial charge in [-0.1, -0.05) is 49.4 Å². The molecule has 0 aliphatic heterocycles. The molecule has 20 heavy (non-hydrogen) atoms. The first kappa shape index (κ1) is 15.0. The Morgan fingerprint density at radius 2 is 2.05 bits per heavy atom. The molecule has 1 aliphatic carbocycles. The smallest absolute Gasteiger partial charge is 0.0404 e. The van der Waals surface area contributed by atoms with E-state index >= 15 is 0 Å². The third kappa shape index (κ3) is 3.18. The molecule has 0 fully saturated rings. The first-order valence-electron chi connectivity index (χ1n) is 7.55. The quantitative estimate of drug-likeness (QED) is 0.615. The van der Waals surface area contributed by atoms with Crippen LogP contribution in [0.2, 0.25) is 0 Å². The van der Waals surface area contributed by atoms with Crippen molar-refractivity contribution in [1.82, 2.24) is 5.32 Å². The Kier molecular flexibility index (Phi) is 4.77. The van der Waals surface area contributed by atoms with Crippen LogP contribution in [0.1, 0.15) is 38.7 Å². The van der Waals surface area contributed by atoms with Gasteiger partial charge < -0.3 is 10.7 Å². The SMILES string of the molecule is CNC(C)(CC(=N)c1ccccc1)C1C=CCCC1C.